The van der Waals surface area contributed by atoms with Crippen molar-refractivity contribution in [3.8, 4) is 0 Å². The number of ether oxygens (including phenoxy) is 1. The minimum absolute atomic E-state index is 0.0456. The van der Waals surface area contributed by atoms with E-state index < -0.39 is 12.1 Å². The Morgan fingerprint density at radius 1 is 1.85 bits per heavy atom. The molecular weight excluding hydrogens is 172 g/mol. The molecule has 0 spiro atoms. The first-order valence-electron chi connectivity index (χ1n) is 3.86. The smallest absolute Gasteiger partial charge is 0.308 e. The van der Waals surface area contributed by atoms with Crippen LogP contribution in [0.4, 0.5) is 0 Å². The number of nitrogens with zero attached hydrogens (tertiary/aromatic N) is 2. The Labute approximate surface area is 76.0 Å². The second kappa shape index (κ2) is 4.04. The maximum absolute atomic E-state index is 10.8. The molecule has 0 saturated heterocycles. The zero-order valence-corrected chi connectivity index (χ0v) is 7.60. The molecule has 0 saturated carbocycles. The Morgan fingerprint density at radius 3 is 3.00 bits per heavy atom. The largest absolute Gasteiger partial charge is 0.469 e. The predicted octanol–water partition coefficient (Wildman–Crippen LogP) is 0.0166. The molecule has 0 amide bonds. The molecule has 1 atom stereocenters. The van der Waals surface area contributed by atoms with Crippen molar-refractivity contribution in [2.45, 2.75) is 12.5 Å². The molecule has 0 aliphatic rings. The fraction of sp³-hybridized carbons (Fsp3) is 0.500. The van der Waals surface area contributed by atoms with E-state index in [1.54, 1.807) is 17.9 Å². The van der Waals surface area contributed by atoms with Gasteiger partial charge in [0.25, 0.3) is 0 Å². The van der Waals surface area contributed by atoms with Crippen molar-refractivity contribution in [3.05, 3.63) is 18.2 Å². The van der Waals surface area contributed by atoms with Crippen LogP contribution >= 0.6 is 0 Å². The zero-order valence-electron chi connectivity index (χ0n) is 7.60. The SMILES string of the molecule is COC(=O)CC(O)c1cncn1C. The minimum atomic E-state index is -0.847. The van der Waals surface area contributed by atoms with Gasteiger partial charge in [0.1, 0.15) is 6.10 Å². The number of aromatic nitrogens is 2. The molecule has 1 aromatic rings. The fourth-order valence-electron chi connectivity index (χ4n) is 1.03. The topological polar surface area (TPSA) is 64.3 Å². The average Bonchev–Trinajstić information content (AvgIpc) is 2.51. The molecule has 0 aliphatic carbocycles. The molecule has 5 heteroatoms. The third-order valence-corrected chi connectivity index (χ3v) is 1.78. The number of aliphatic hydroxyl groups excluding tert-OH is 1. The summed E-state index contributed by atoms with van der Waals surface area (Å²) in [4.78, 5) is 14.6. The van der Waals surface area contributed by atoms with Crippen molar-refractivity contribution in [2.24, 2.45) is 7.05 Å². The van der Waals surface area contributed by atoms with Gasteiger partial charge in [0.15, 0.2) is 0 Å². The summed E-state index contributed by atoms with van der Waals surface area (Å²) >= 11 is 0. The second-order valence-electron chi connectivity index (χ2n) is 2.73. The van der Waals surface area contributed by atoms with Crippen LogP contribution in [0, 0.1) is 0 Å². The molecule has 13 heavy (non-hydrogen) atoms. The van der Waals surface area contributed by atoms with Crippen LogP contribution in [-0.4, -0.2) is 27.7 Å². The Morgan fingerprint density at radius 2 is 2.54 bits per heavy atom. The van der Waals surface area contributed by atoms with E-state index in [2.05, 4.69) is 9.72 Å². The van der Waals surface area contributed by atoms with Crippen LogP contribution in [0.3, 0.4) is 0 Å². The molecule has 0 bridgehead atoms. The summed E-state index contributed by atoms with van der Waals surface area (Å²) in [6, 6.07) is 0. The van der Waals surface area contributed by atoms with Gasteiger partial charge in [-0.15, -0.1) is 0 Å². The van der Waals surface area contributed by atoms with Crippen molar-refractivity contribution in [1.29, 1.82) is 0 Å². The number of hydrogen-bond acceptors (Lipinski definition) is 4. The molecule has 0 radical (unpaired) electrons. The summed E-state index contributed by atoms with van der Waals surface area (Å²) in [7, 11) is 3.04. The van der Waals surface area contributed by atoms with Gasteiger partial charge >= 0.3 is 5.97 Å². The Bertz CT molecular complexity index is 295. The van der Waals surface area contributed by atoms with Crippen molar-refractivity contribution >= 4 is 5.97 Å². The summed E-state index contributed by atoms with van der Waals surface area (Å²) < 4.78 is 6.09. The summed E-state index contributed by atoms with van der Waals surface area (Å²) in [5, 5.41) is 9.53. The number of hydrogen-bond donors (Lipinski definition) is 1. The van der Waals surface area contributed by atoms with Gasteiger partial charge in [0.2, 0.25) is 0 Å². The highest BCUT2D eigenvalue weighted by atomic mass is 16.5. The molecule has 72 valence electrons. The molecule has 5 nitrogen and oxygen atoms in total. The lowest BCUT2D eigenvalue weighted by molar-refractivity contribution is -0.143. The predicted molar refractivity (Wildman–Crippen MR) is 44.8 cm³/mol. The van der Waals surface area contributed by atoms with Gasteiger partial charge in [-0.3, -0.25) is 4.79 Å². The number of aryl methyl sites for hydroxylation is 1. The van der Waals surface area contributed by atoms with E-state index in [1.807, 2.05) is 0 Å². The summed E-state index contributed by atoms with van der Waals surface area (Å²) in [5.74, 6) is -0.436. The van der Waals surface area contributed by atoms with Gasteiger partial charge in [-0.25, -0.2) is 4.98 Å². The van der Waals surface area contributed by atoms with Crippen LogP contribution in [0.5, 0.6) is 0 Å². The lowest BCUT2D eigenvalue weighted by Gasteiger charge is -2.08. The van der Waals surface area contributed by atoms with Crippen LogP contribution in [0.1, 0.15) is 18.2 Å². The molecule has 1 heterocycles. The molecular formula is C8H12N2O3. The van der Waals surface area contributed by atoms with Gasteiger partial charge in [-0.05, 0) is 0 Å². The van der Waals surface area contributed by atoms with E-state index in [0.717, 1.165) is 0 Å². The van der Waals surface area contributed by atoms with E-state index in [1.165, 1.54) is 13.3 Å². The van der Waals surface area contributed by atoms with E-state index >= 15 is 0 Å². The molecule has 0 fully saturated rings. The zero-order chi connectivity index (χ0) is 9.84. The van der Waals surface area contributed by atoms with E-state index in [0.29, 0.717) is 5.69 Å². The molecule has 1 unspecified atom stereocenters. The third-order valence-electron chi connectivity index (χ3n) is 1.78. The second-order valence-corrected chi connectivity index (χ2v) is 2.73. The number of aliphatic hydroxyl groups is 1. The fourth-order valence-corrected chi connectivity index (χ4v) is 1.03. The summed E-state index contributed by atoms with van der Waals surface area (Å²) in [6.07, 6.45) is 2.19. The maximum Gasteiger partial charge on any atom is 0.308 e. The van der Waals surface area contributed by atoms with E-state index in [4.69, 9.17) is 0 Å². The Hall–Kier alpha value is -1.36. The number of rotatable bonds is 3. The number of methoxy groups -OCH3 is 1. The van der Waals surface area contributed by atoms with Crippen molar-refractivity contribution in [1.82, 2.24) is 9.55 Å². The third kappa shape index (κ3) is 2.29. The number of carbonyl (C=O) groups is 1. The first-order chi connectivity index (χ1) is 6.15. The van der Waals surface area contributed by atoms with Crippen LogP contribution < -0.4 is 0 Å². The molecule has 0 aliphatic heterocycles. The van der Waals surface area contributed by atoms with Crippen LogP contribution in [0.15, 0.2) is 12.5 Å². The highest BCUT2D eigenvalue weighted by Crippen LogP contribution is 2.15. The van der Waals surface area contributed by atoms with Gasteiger partial charge < -0.3 is 14.4 Å². The monoisotopic (exact) mass is 184 g/mol. The summed E-state index contributed by atoms with van der Waals surface area (Å²) in [6.45, 7) is 0. The number of carbonyl (C=O) groups excluding carboxylic acids is 1. The van der Waals surface area contributed by atoms with Gasteiger partial charge in [-0.1, -0.05) is 0 Å². The van der Waals surface area contributed by atoms with Crippen molar-refractivity contribution in [2.75, 3.05) is 7.11 Å². The minimum Gasteiger partial charge on any atom is -0.469 e. The number of esters is 1. The van der Waals surface area contributed by atoms with Crippen molar-refractivity contribution in [3.63, 3.8) is 0 Å². The van der Waals surface area contributed by atoms with Gasteiger partial charge in [-0.2, -0.15) is 0 Å². The lowest BCUT2D eigenvalue weighted by atomic mass is 10.2. The molecule has 1 rings (SSSR count). The Kier molecular flexibility index (Phi) is 3.02. The normalized spacial score (nSPS) is 12.5. The van der Waals surface area contributed by atoms with Gasteiger partial charge in [0, 0.05) is 7.05 Å². The van der Waals surface area contributed by atoms with E-state index in [-0.39, 0.29) is 6.42 Å². The number of imidazole rings is 1. The molecule has 0 aromatic carbocycles. The first kappa shape index (κ1) is 9.73. The quantitative estimate of drug-likeness (QED) is 0.672. The highest BCUT2D eigenvalue weighted by Gasteiger charge is 2.15. The molecule has 1 N–H and O–H groups in total. The lowest BCUT2D eigenvalue weighted by Crippen LogP contribution is -2.10. The first-order valence-corrected chi connectivity index (χ1v) is 3.86. The van der Waals surface area contributed by atoms with Crippen LogP contribution in [-0.2, 0) is 16.6 Å². The highest BCUT2D eigenvalue weighted by molar-refractivity contribution is 5.69. The Balaban J connectivity index is 2.63. The van der Waals surface area contributed by atoms with Crippen LogP contribution in [0.25, 0.3) is 0 Å². The average molecular weight is 184 g/mol. The van der Waals surface area contributed by atoms with Gasteiger partial charge in [0.05, 0.1) is 31.7 Å². The van der Waals surface area contributed by atoms with Crippen LogP contribution in [0.2, 0.25) is 0 Å². The van der Waals surface area contributed by atoms with E-state index in [9.17, 15) is 9.90 Å². The maximum atomic E-state index is 10.8. The summed E-state index contributed by atoms with van der Waals surface area (Å²) in [5.41, 5.74) is 0.602. The standard InChI is InChI=1S/C8H12N2O3/c1-10-5-9-4-6(10)7(11)3-8(12)13-2/h4-5,7,11H,3H2,1-2H3. The van der Waals surface area contributed by atoms with Crippen molar-refractivity contribution < 1.29 is 14.6 Å². The molecule has 1 aromatic heterocycles.